The number of carbonyl (C=O) groups excluding carboxylic acids is 1. The lowest BCUT2D eigenvalue weighted by atomic mass is 10.00. The van der Waals surface area contributed by atoms with Gasteiger partial charge in [-0.3, -0.25) is 4.79 Å². The highest BCUT2D eigenvalue weighted by Crippen LogP contribution is 2.33. The summed E-state index contributed by atoms with van der Waals surface area (Å²) in [7, 11) is 1.62. The second kappa shape index (κ2) is 6.85. The minimum atomic E-state index is 0.0970. The largest absolute Gasteiger partial charge is 0.497 e. The van der Waals surface area contributed by atoms with Crippen molar-refractivity contribution in [1.29, 1.82) is 0 Å². The van der Waals surface area contributed by atoms with Crippen LogP contribution >= 0.6 is 11.6 Å². The standard InChI is InChI=1S/C16H21ClN2O2/c1-4-5-15(20)18-8-10(2)13-9-19-16-12(13)6-11(21-3)7-14(16)17/h6-7,9-10,19H,4-5,8H2,1-3H3,(H,18,20). The predicted molar refractivity (Wildman–Crippen MR) is 86.2 cm³/mol. The van der Waals surface area contributed by atoms with Crippen LogP contribution in [0.4, 0.5) is 0 Å². The lowest BCUT2D eigenvalue weighted by Crippen LogP contribution is -2.26. The van der Waals surface area contributed by atoms with Crippen LogP contribution in [0.3, 0.4) is 0 Å². The molecule has 1 aromatic heterocycles. The molecule has 0 aliphatic rings. The van der Waals surface area contributed by atoms with Crippen molar-refractivity contribution in [3.8, 4) is 5.75 Å². The Morgan fingerprint density at radius 2 is 2.24 bits per heavy atom. The number of halogens is 1. The molecule has 1 amide bonds. The van der Waals surface area contributed by atoms with Crippen LogP contribution in [0, 0.1) is 0 Å². The van der Waals surface area contributed by atoms with Crippen molar-refractivity contribution < 1.29 is 9.53 Å². The fraction of sp³-hybridized carbons (Fsp3) is 0.438. The molecule has 2 aromatic rings. The van der Waals surface area contributed by atoms with Gasteiger partial charge < -0.3 is 15.0 Å². The Bertz CT molecular complexity index is 636. The van der Waals surface area contributed by atoms with Crippen LogP contribution in [0.25, 0.3) is 10.9 Å². The number of benzene rings is 1. The number of carbonyl (C=O) groups is 1. The summed E-state index contributed by atoms with van der Waals surface area (Å²) < 4.78 is 5.27. The van der Waals surface area contributed by atoms with Crippen LogP contribution in [0.2, 0.25) is 5.02 Å². The molecule has 1 aromatic carbocycles. The van der Waals surface area contributed by atoms with E-state index >= 15 is 0 Å². The minimum Gasteiger partial charge on any atom is -0.497 e. The third kappa shape index (κ3) is 3.50. The van der Waals surface area contributed by atoms with Crippen LogP contribution < -0.4 is 10.1 Å². The Labute approximate surface area is 129 Å². The van der Waals surface area contributed by atoms with E-state index in [0.717, 1.165) is 28.6 Å². The van der Waals surface area contributed by atoms with Crippen LogP contribution in [-0.2, 0) is 4.79 Å². The van der Waals surface area contributed by atoms with Gasteiger partial charge in [0.25, 0.3) is 0 Å². The second-order valence-electron chi connectivity index (χ2n) is 5.23. The van der Waals surface area contributed by atoms with Crippen molar-refractivity contribution >= 4 is 28.4 Å². The molecule has 21 heavy (non-hydrogen) atoms. The van der Waals surface area contributed by atoms with Crippen molar-refractivity contribution in [2.24, 2.45) is 0 Å². The Kier molecular flexibility index (Phi) is 5.12. The number of hydrogen-bond acceptors (Lipinski definition) is 2. The first-order chi connectivity index (χ1) is 10.1. The van der Waals surface area contributed by atoms with Gasteiger partial charge in [0.2, 0.25) is 5.91 Å². The number of hydrogen-bond donors (Lipinski definition) is 2. The van der Waals surface area contributed by atoms with E-state index in [1.807, 2.05) is 19.2 Å². The Balaban J connectivity index is 2.21. The van der Waals surface area contributed by atoms with Crippen molar-refractivity contribution in [2.75, 3.05) is 13.7 Å². The van der Waals surface area contributed by atoms with Crippen LogP contribution in [0.5, 0.6) is 5.75 Å². The summed E-state index contributed by atoms with van der Waals surface area (Å²) in [5.74, 6) is 1.03. The van der Waals surface area contributed by atoms with Gasteiger partial charge in [-0.25, -0.2) is 0 Å². The van der Waals surface area contributed by atoms with E-state index in [-0.39, 0.29) is 11.8 Å². The first-order valence-electron chi connectivity index (χ1n) is 7.18. The molecule has 1 atom stereocenters. The SMILES string of the molecule is CCCC(=O)NCC(C)c1c[nH]c2c(Cl)cc(OC)cc12. The molecule has 1 heterocycles. The maximum Gasteiger partial charge on any atom is 0.220 e. The second-order valence-corrected chi connectivity index (χ2v) is 5.64. The zero-order chi connectivity index (χ0) is 15.4. The van der Waals surface area contributed by atoms with E-state index in [1.165, 1.54) is 0 Å². The predicted octanol–water partition coefficient (Wildman–Crippen LogP) is 3.85. The fourth-order valence-electron chi connectivity index (χ4n) is 2.40. The Hall–Kier alpha value is -1.68. The number of nitrogens with one attached hydrogen (secondary N) is 2. The highest BCUT2D eigenvalue weighted by atomic mass is 35.5. The van der Waals surface area contributed by atoms with Crippen molar-refractivity contribution in [3.63, 3.8) is 0 Å². The molecular formula is C16H21ClN2O2. The number of fused-ring (bicyclic) bond motifs is 1. The molecule has 0 fully saturated rings. The van der Waals surface area contributed by atoms with Gasteiger partial charge in [-0.1, -0.05) is 25.4 Å². The molecule has 2 rings (SSSR count). The molecule has 0 bridgehead atoms. The molecule has 0 spiro atoms. The van der Waals surface area contributed by atoms with E-state index in [4.69, 9.17) is 16.3 Å². The number of ether oxygens (including phenoxy) is 1. The number of rotatable bonds is 6. The van der Waals surface area contributed by atoms with E-state index < -0.39 is 0 Å². The number of aromatic amines is 1. The molecule has 0 saturated carbocycles. The molecular weight excluding hydrogens is 288 g/mol. The lowest BCUT2D eigenvalue weighted by Gasteiger charge is -2.12. The molecule has 4 nitrogen and oxygen atoms in total. The highest BCUT2D eigenvalue weighted by molar-refractivity contribution is 6.35. The van der Waals surface area contributed by atoms with Crippen molar-refractivity contribution in [1.82, 2.24) is 10.3 Å². The zero-order valence-electron chi connectivity index (χ0n) is 12.6. The molecule has 0 aliphatic heterocycles. The van der Waals surface area contributed by atoms with E-state index in [2.05, 4.69) is 17.2 Å². The highest BCUT2D eigenvalue weighted by Gasteiger charge is 2.15. The van der Waals surface area contributed by atoms with Gasteiger partial charge in [0, 0.05) is 36.5 Å². The quantitative estimate of drug-likeness (QED) is 0.851. The monoisotopic (exact) mass is 308 g/mol. The Morgan fingerprint density at radius 1 is 1.48 bits per heavy atom. The van der Waals surface area contributed by atoms with Gasteiger partial charge in [-0.05, 0) is 18.1 Å². The summed E-state index contributed by atoms with van der Waals surface area (Å²) in [6.45, 7) is 4.69. The van der Waals surface area contributed by atoms with Crippen molar-refractivity contribution in [3.05, 3.63) is 28.9 Å². The minimum absolute atomic E-state index is 0.0970. The maximum absolute atomic E-state index is 11.6. The van der Waals surface area contributed by atoms with Gasteiger partial charge in [0.15, 0.2) is 0 Å². The summed E-state index contributed by atoms with van der Waals surface area (Å²) in [6.07, 6.45) is 3.38. The molecule has 1 unspecified atom stereocenters. The van der Waals surface area contributed by atoms with Gasteiger partial charge in [-0.2, -0.15) is 0 Å². The van der Waals surface area contributed by atoms with Gasteiger partial charge >= 0.3 is 0 Å². The van der Waals surface area contributed by atoms with Crippen molar-refractivity contribution in [2.45, 2.75) is 32.6 Å². The summed E-state index contributed by atoms with van der Waals surface area (Å²) in [5.41, 5.74) is 2.03. The molecule has 0 radical (unpaired) electrons. The third-order valence-corrected chi connectivity index (χ3v) is 3.89. The zero-order valence-corrected chi connectivity index (χ0v) is 13.4. The topological polar surface area (TPSA) is 54.1 Å². The summed E-state index contributed by atoms with van der Waals surface area (Å²) in [5, 5.41) is 4.64. The number of aromatic nitrogens is 1. The fourth-order valence-corrected chi connectivity index (χ4v) is 2.67. The lowest BCUT2D eigenvalue weighted by molar-refractivity contribution is -0.121. The summed E-state index contributed by atoms with van der Waals surface area (Å²) >= 11 is 6.25. The van der Waals surface area contributed by atoms with Crippen LogP contribution in [-0.4, -0.2) is 24.5 Å². The van der Waals surface area contributed by atoms with Gasteiger partial charge in [0.05, 0.1) is 17.6 Å². The summed E-state index contributed by atoms with van der Waals surface area (Å²) in [6, 6.07) is 3.76. The van der Waals surface area contributed by atoms with E-state index in [0.29, 0.717) is 18.0 Å². The van der Waals surface area contributed by atoms with Crippen LogP contribution in [0.15, 0.2) is 18.3 Å². The summed E-state index contributed by atoms with van der Waals surface area (Å²) in [4.78, 5) is 14.8. The van der Waals surface area contributed by atoms with Gasteiger partial charge in [-0.15, -0.1) is 0 Å². The molecule has 0 saturated heterocycles. The number of methoxy groups -OCH3 is 1. The molecule has 2 N–H and O–H groups in total. The smallest absolute Gasteiger partial charge is 0.220 e. The molecule has 5 heteroatoms. The van der Waals surface area contributed by atoms with Crippen LogP contribution in [0.1, 0.15) is 38.2 Å². The molecule has 114 valence electrons. The Morgan fingerprint density at radius 3 is 2.90 bits per heavy atom. The van der Waals surface area contributed by atoms with E-state index in [9.17, 15) is 4.79 Å². The molecule has 0 aliphatic carbocycles. The third-order valence-electron chi connectivity index (χ3n) is 3.60. The average Bonchev–Trinajstić information content (AvgIpc) is 2.89. The first-order valence-corrected chi connectivity index (χ1v) is 7.55. The normalized spacial score (nSPS) is 12.4. The number of amides is 1. The average molecular weight is 309 g/mol. The van der Waals surface area contributed by atoms with Gasteiger partial charge in [0.1, 0.15) is 5.75 Å². The van der Waals surface area contributed by atoms with E-state index in [1.54, 1.807) is 13.2 Å². The number of H-pyrrole nitrogens is 1. The first kappa shape index (κ1) is 15.7. The maximum atomic E-state index is 11.6.